The number of hydrogen-bond donors (Lipinski definition) is 0. The fourth-order valence-corrected chi connectivity index (χ4v) is 8.26. The van der Waals surface area contributed by atoms with E-state index >= 15 is 0 Å². The largest absolute Gasteiger partial charge is 0.456 e. The van der Waals surface area contributed by atoms with Crippen LogP contribution in [0.2, 0.25) is 0 Å². The number of allylic oxidation sites excluding steroid dienone is 8. The average molecular weight is 717 g/mol. The molecule has 0 saturated carbocycles. The smallest absolute Gasteiger partial charge is 0.135 e. The molecule has 0 aliphatic carbocycles. The molecule has 0 spiro atoms. The van der Waals surface area contributed by atoms with E-state index in [-0.39, 0.29) is 0 Å². The van der Waals surface area contributed by atoms with Crippen molar-refractivity contribution >= 4 is 49.4 Å². The Balaban J connectivity index is 1.08. The van der Waals surface area contributed by atoms with E-state index in [0.29, 0.717) is 0 Å². The summed E-state index contributed by atoms with van der Waals surface area (Å²) in [6.45, 7) is 7.87. The lowest BCUT2D eigenvalue weighted by molar-refractivity contribution is 0.512. The van der Waals surface area contributed by atoms with Gasteiger partial charge in [-0.25, -0.2) is 0 Å². The zero-order valence-corrected chi connectivity index (χ0v) is 30.7. The van der Waals surface area contributed by atoms with Crippen molar-refractivity contribution in [3.63, 3.8) is 0 Å². The molecule has 0 radical (unpaired) electrons. The van der Waals surface area contributed by atoms with Gasteiger partial charge in [-0.3, -0.25) is 0 Å². The Labute approximate surface area is 326 Å². The van der Waals surface area contributed by atoms with E-state index in [1.807, 2.05) is 36.4 Å². The summed E-state index contributed by atoms with van der Waals surface area (Å²) in [5.74, 6) is 3.35. The fourth-order valence-electron chi connectivity index (χ4n) is 8.26. The van der Waals surface area contributed by atoms with Crippen LogP contribution in [0.5, 0.6) is 11.5 Å². The second kappa shape index (κ2) is 13.8. The van der Waals surface area contributed by atoms with E-state index in [0.717, 1.165) is 73.1 Å². The minimum atomic E-state index is 0.818. The molecule has 2 aliphatic heterocycles. The fraction of sp³-hybridized carbons (Fsp3) is 0. The third kappa shape index (κ3) is 5.59. The van der Waals surface area contributed by atoms with Gasteiger partial charge in [-0.2, -0.15) is 0 Å². The van der Waals surface area contributed by atoms with Crippen LogP contribution >= 0.6 is 0 Å². The van der Waals surface area contributed by atoms with E-state index in [2.05, 4.69) is 165 Å². The Kier molecular flexibility index (Phi) is 8.16. The van der Waals surface area contributed by atoms with Crippen LogP contribution in [0.1, 0.15) is 16.7 Å². The van der Waals surface area contributed by atoms with Gasteiger partial charge < -0.3 is 9.47 Å². The Hall–Kier alpha value is -7.42. The summed E-state index contributed by atoms with van der Waals surface area (Å²) in [5, 5.41) is 7.29. The second-order valence-corrected chi connectivity index (χ2v) is 14.1. The first kappa shape index (κ1) is 33.2. The van der Waals surface area contributed by atoms with Gasteiger partial charge in [0.05, 0.1) is 0 Å². The molecule has 0 fully saturated rings. The molecule has 56 heavy (non-hydrogen) atoms. The first-order valence-electron chi connectivity index (χ1n) is 18.9. The molecule has 0 aromatic heterocycles. The van der Waals surface area contributed by atoms with E-state index in [1.165, 1.54) is 37.9 Å². The minimum Gasteiger partial charge on any atom is -0.456 e. The number of para-hydroxylation sites is 1. The van der Waals surface area contributed by atoms with Crippen LogP contribution in [-0.2, 0) is 0 Å². The van der Waals surface area contributed by atoms with Gasteiger partial charge in [0.15, 0.2) is 0 Å². The monoisotopic (exact) mass is 716 g/mol. The van der Waals surface area contributed by atoms with E-state index < -0.39 is 0 Å². The lowest BCUT2D eigenvalue weighted by Crippen LogP contribution is -2.05. The van der Waals surface area contributed by atoms with Gasteiger partial charge in [0, 0.05) is 22.3 Å². The highest BCUT2D eigenvalue weighted by Gasteiger charge is 2.23. The van der Waals surface area contributed by atoms with Gasteiger partial charge in [0.1, 0.15) is 23.0 Å². The van der Waals surface area contributed by atoms with Gasteiger partial charge in [-0.15, -0.1) is 0 Å². The molecule has 2 aliphatic rings. The van der Waals surface area contributed by atoms with Crippen LogP contribution in [0, 0.1) is 0 Å². The molecular weight excluding hydrogens is 681 g/mol. The van der Waals surface area contributed by atoms with Crippen molar-refractivity contribution in [3.05, 3.63) is 224 Å². The van der Waals surface area contributed by atoms with Crippen LogP contribution < -0.4 is 9.47 Å². The predicted molar refractivity (Wildman–Crippen MR) is 236 cm³/mol. The molecule has 0 atom stereocenters. The molecule has 10 rings (SSSR count). The first-order valence-corrected chi connectivity index (χ1v) is 18.9. The summed E-state index contributed by atoms with van der Waals surface area (Å²) >= 11 is 0. The van der Waals surface area contributed by atoms with Crippen LogP contribution in [0.3, 0.4) is 0 Å². The number of benzene rings is 8. The maximum Gasteiger partial charge on any atom is 0.135 e. The highest BCUT2D eigenvalue weighted by Crippen LogP contribution is 2.46. The van der Waals surface area contributed by atoms with Crippen molar-refractivity contribution in [1.29, 1.82) is 0 Å². The quantitative estimate of drug-likeness (QED) is 0.126. The van der Waals surface area contributed by atoms with Crippen molar-refractivity contribution in [2.24, 2.45) is 0 Å². The molecular formula is C54H36O2. The summed E-state index contributed by atoms with van der Waals surface area (Å²) in [6, 6.07) is 54.0. The molecule has 0 bridgehead atoms. The molecule has 0 unspecified atom stereocenters. The Bertz CT molecular complexity index is 3040. The molecule has 2 heteroatoms. The first-order chi connectivity index (χ1) is 27.7. The average Bonchev–Trinajstić information content (AvgIpc) is 3.26. The molecule has 8 aromatic carbocycles. The summed E-state index contributed by atoms with van der Waals surface area (Å²) in [7, 11) is 0. The maximum atomic E-state index is 6.56. The van der Waals surface area contributed by atoms with Crippen LogP contribution in [-0.4, -0.2) is 0 Å². The molecule has 264 valence electrons. The zero-order chi connectivity index (χ0) is 37.6. The number of fused-ring (bicyclic) bond motifs is 12. The van der Waals surface area contributed by atoms with Gasteiger partial charge in [-0.05, 0) is 108 Å². The summed E-state index contributed by atoms with van der Waals surface area (Å²) in [5.41, 5.74) is 11.1. The topological polar surface area (TPSA) is 18.5 Å². The van der Waals surface area contributed by atoms with E-state index in [4.69, 9.17) is 9.47 Å². The van der Waals surface area contributed by atoms with Crippen LogP contribution in [0.15, 0.2) is 207 Å². The second-order valence-electron chi connectivity index (χ2n) is 14.1. The van der Waals surface area contributed by atoms with Crippen molar-refractivity contribution in [3.8, 4) is 44.9 Å². The Morgan fingerprint density at radius 3 is 1.71 bits per heavy atom. The minimum absolute atomic E-state index is 0.818. The maximum absolute atomic E-state index is 6.56. The van der Waals surface area contributed by atoms with Crippen LogP contribution in [0.25, 0.3) is 82.8 Å². The van der Waals surface area contributed by atoms with E-state index in [1.54, 1.807) is 6.08 Å². The van der Waals surface area contributed by atoms with E-state index in [9.17, 15) is 0 Å². The normalized spacial score (nSPS) is 14.6. The summed E-state index contributed by atoms with van der Waals surface area (Å²) in [6.07, 6.45) is 13.7. The number of hydrogen-bond acceptors (Lipinski definition) is 2. The van der Waals surface area contributed by atoms with Crippen molar-refractivity contribution in [1.82, 2.24) is 0 Å². The van der Waals surface area contributed by atoms with Crippen molar-refractivity contribution in [2.45, 2.75) is 0 Å². The van der Waals surface area contributed by atoms with Crippen molar-refractivity contribution in [2.75, 3.05) is 0 Å². The van der Waals surface area contributed by atoms with Crippen LogP contribution in [0.4, 0.5) is 0 Å². The van der Waals surface area contributed by atoms with Gasteiger partial charge >= 0.3 is 0 Å². The zero-order valence-electron chi connectivity index (χ0n) is 30.7. The van der Waals surface area contributed by atoms with Crippen molar-refractivity contribution < 1.29 is 9.47 Å². The summed E-state index contributed by atoms with van der Waals surface area (Å²) < 4.78 is 13.0. The molecule has 0 N–H and O–H groups in total. The Morgan fingerprint density at radius 2 is 0.964 bits per heavy atom. The SMILES string of the molecule is C=C/C=C\C=C1/Oc2ccc(-c3ccc4c5ccc(C(/C=C6\Oc7ccccc7-c7ccccc76)=C/C=C)cc5c5ccccc5c4c3)cc2-c2ccccc21. The highest BCUT2D eigenvalue weighted by atomic mass is 16.5. The Morgan fingerprint density at radius 1 is 0.411 bits per heavy atom. The van der Waals surface area contributed by atoms with Gasteiger partial charge in [0.2, 0.25) is 0 Å². The molecule has 0 saturated heterocycles. The third-order valence-corrected chi connectivity index (χ3v) is 10.9. The molecule has 2 heterocycles. The summed E-state index contributed by atoms with van der Waals surface area (Å²) in [4.78, 5) is 0. The molecule has 2 nitrogen and oxygen atoms in total. The lowest BCUT2D eigenvalue weighted by Gasteiger charge is -2.23. The van der Waals surface area contributed by atoms with Gasteiger partial charge in [-0.1, -0.05) is 165 Å². The molecule has 8 aromatic rings. The highest BCUT2D eigenvalue weighted by molar-refractivity contribution is 6.26. The third-order valence-electron chi connectivity index (χ3n) is 10.9. The van der Waals surface area contributed by atoms with Gasteiger partial charge in [0.25, 0.3) is 0 Å². The lowest BCUT2D eigenvalue weighted by atomic mass is 9.89. The predicted octanol–water partition coefficient (Wildman–Crippen LogP) is 14.6. The molecule has 0 amide bonds. The standard InChI is InChI=1S/C54H36O2/c1-3-5-6-23-51-46-20-11-10-19-42(46)50-33-38(27-30-53(50)55-51)37-26-29-44-43-28-25-36(31-48(43)39-16-7-8-17-40(39)49(44)32-37)35(15-4-2)34-54-47-22-12-9-18-41(47)45-21-13-14-24-52(45)56-54/h3-34H,1-2H2/b6-5-,35-15+,51-23-,54-34-. The number of ether oxygens (including phenoxy) is 2. The number of rotatable bonds is 6.